The average Bonchev–Trinajstić information content (AvgIpc) is 2.29. The first-order valence-corrected chi connectivity index (χ1v) is 6.03. The van der Waals surface area contributed by atoms with E-state index in [0.717, 1.165) is 12.0 Å². The second kappa shape index (κ2) is 6.40. The van der Waals surface area contributed by atoms with Gasteiger partial charge in [0.1, 0.15) is 6.04 Å². The van der Waals surface area contributed by atoms with Crippen LogP contribution in [0.2, 0.25) is 0 Å². The molecule has 0 saturated carbocycles. The Hall–Kier alpha value is -1.35. The topological polar surface area (TPSA) is 40.5 Å². The highest BCUT2D eigenvalue weighted by Crippen LogP contribution is 2.16. The van der Waals surface area contributed by atoms with E-state index in [0.29, 0.717) is 6.54 Å². The molecule has 1 N–H and O–H groups in total. The molecular weight excluding hydrogens is 214 g/mol. The number of carboxylic acid groups (broad SMARTS) is 1. The number of rotatable bonds is 6. The summed E-state index contributed by atoms with van der Waals surface area (Å²) in [7, 11) is 1.87. The van der Waals surface area contributed by atoms with Crippen LogP contribution in [0.3, 0.4) is 0 Å². The predicted molar refractivity (Wildman–Crippen MR) is 68.8 cm³/mol. The Balaban J connectivity index is 2.72. The van der Waals surface area contributed by atoms with Crippen LogP contribution in [0.1, 0.15) is 25.8 Å². The van der Waals surface area contributed by atoms with Gasteiger partial charge in [-0.2, -0.15) is 0 Å². The lowest BCUT2D eigenvalue weighted by atomic mass is 9.97. The van der Waals surface area contributed by atoms with Gasteiger partial charge in [0.2, 0.25) is 0 Å². The van der Waals surface area contributed by atoms with Gasteiger partial charge in [-0.05, 0) is 18.5 Å². The fraction of sp³-hybridized carbons (Fsp3) is 0.500. The van der Waals surface area contributed by atoms with Gasteiger partial charge < -0.3 is 5.11 Å². The third-order valence-electron chi connectivity index (χ3n) is 3.19. The monoisotopic (exact) mass is 235 g/mol. The van der Waals surface area contributed by atoms with Gasteiger partial charge in [0.15, 0.2) is 0 Å². The third kappa shape index (κ3) is 3.86. The van der Waals surface area contributed by atoms with Gasteiger partial charge in [0.05, 0.1) is 0 Å². The number of likely N-dealkylation sites (N-methyl/N-ethyl adjacent to an activating group) is 1. The van der Waals surface area contributed by atoms with Gasteiger partial charge in [-0.25, -0.2) is 0 Å². The van der Waals surface area contributed by atoms with E-state index in [1.165, 1.54) is 0 Å². The maximum Gasteiger partial charge on any atom is 0.321 e. The molecule has 0 aliphatic heterocycles. The summed E-state index contributed by atoms with van der Waals surface area (Å²) in [6.45, 7) is 4.68. The van der Waals surface area contributed by atoms with Crippen LogP contribution in [-0.4, -0.2) is 29.1 Å². The zero-order chi connectivity index (χ0) is 12.8. The van der Waals surface area contributed by atoms with Crippen LogP contribution >= 0.6 is 0 Å². The van der Waals surface area contributed by atoms with Crippen LogP contribution in [0.5, 0.6) is 0 Å². The number of carbonyl (C=O) groups is 1. The van der Waals surface area contributed by atoms with Crippen LogP contribution in [0, 0.1) is 5.92 Å². The average molecular weight is 235 g/mol. The van der Waals surface area contributed by atoms with Gasteiger partial charge in [0.25, 0.3) is 0 Å². The van der Waals surface area contributed by atoms with Crippen molar-refractivity contribution in [1.82, 2.24) is 4.90 Å². The highest BCUT2D eigenvalue weighted by Gasteiger charge is 2.27. The quantitative estimate of drug-likeness (QED) is 0.824. The fourth-order valence-electron chi connectivity index (χ4n) is 2.06. The molecule has 0 saturated heterocycles. The first kappa shape index (κ1) is 13.7. The van der Waals surface area contributed by atoms with Crippen LogP contribution < -0.4 is 0 Å². The summed E-state index contributed by atoms with van der Waals surface area (Å²) in [5.41, 5.74) is 1.14. The van der Waals surface area contributed by atoms with Crippen molar-refractivity contribution in [3.8, 4) is 0 Å². The van der Waals surface area contributed by atoms with E-state index in [1.807, 2.05) is 56.1 Å². The normalized spacial score (nSPS) is 14.6. The molecule has 1 aromatic rings. The second-order valence-corrected chi connectivity index (χ2v) is 4.57. The van der Waals surface area contributed by atoms with E-state index in [4.69, 9.17) is 0 Å². The molecule has 0 heterocycles. The van der Waals surface area contributed by atoms with Crippen molar-refractivity contribution in [2.75, 3.05) is 7.05 Å². The molecule has 3 nitrogen and oxygen atoms in total. The Morgan fingerprint density at radius 2 is 1.94 bits per heavy atom. The summed E-state index contributed by atoms with van der Waals surface area (Å²) in [6, 6.07) is 9.54. The van der Waals surface area contributed by atoms with E-state index >= 15 is 0 Å². The Morgan fingerprint density at radius 3 is 2.41 bits per heavy atom. The molecular formula is C14H21NO2. The lowest BCUT2D eigenvalue weighted by molar-refractivity contribution is -0.145. The SMILES string of the molecule is CC[C@H](C)[C@@H](C(=O)O)N(C)Cc1ccccc1. The Labute approximate surface area is 103 Å². The standard InChI is InChI=1S/C14H21NO2/c1-4-11(2)13(14(16)17)15(3)10-12-8-6-5-7-9-12/h5-9,11,13H,4,10H2,1-3H3,(H,16,17)/t11-,13-/m0/s1. The number of carboxylic acids is 1. The minimum Gasteiger partial charge on any atom is -0.480 e. The van der Waals surface area contributed by atoms with Gasteiger partial charge in [0, 0.05) is 6.54 Å². The number of hydrogen-bond donors (Lipinski definition) is 1. The number of aliphatic carboxylic acids is 1. The van der Waals surface area contributed by atoms with Gasteiger partial charge in [-0.15, -0.1) is 0 Å². The zero-order valence-electron chi connectivity index (χ0n) is 10.8. The summed E-state index contributed by atoms with van der Waals surface area (Å²) in [6.07, 6.45) is 0.871. The maximum absolute atomic E-state index is 11.3. The summed E-state index contributed by atoms with van der Waals surface area (Å²) in [5, 5.41) is 9.28. The van der Waals surface area contributed by atoms with Crippen molar-refractivity contribution < 1.29 is 9.90 Å². The molecule has 0 bridgehead atoms. The molecule has 2 atom stereocenters. The Morgan fingerprint density at radius 1 is 1.35 bits per heavy atom. The van der Waals surface area contributed by atoms with E-state index in [9.17, 15) is 9.90 Å². The van der Waals surface area contributed by atoms with Crippen molar-refractivity contribution in [3.63, 3.8) is 0 Å². The van der Waals surface area contributed by atoms with E-state index in [2.05, 4.69) is 0 Å². The van der Waals surface area contributed by atoms with E-state index in [1.54, 1.807) is 0 Å². The minimum absolute atomic E-state index is 0.154. The van der Waals surface area contributed by atoms with E-state index in [-0.39, 0.29) is 5.92 Å². The highest BCUT2D eigenvalue weighted by atomic mass is 16.4. The van der Waals surface area contributed by atoms with Crippen molar-refractivity contribution >= 4 is 5.97 Å². The second-order valence-electron chi connectivity index (χ2n) is 4.57. The van der Waals surface area contributed by atoms with Gasteiger partial charge in [-0.3, -0.25) is 9.69 Å². The minimum atomic E-state index is -0.738. The molecule has 1 rings (SSSR count). The van der Waals surface area contributed by atoms with Crippen molar-refractivity contribution in [1.29, 1.82) is 0 Å². The third-order valence-corrected chi connectivity index (χ3v) is 3.19. The largest absolute Gasteiger partial charge is 0.480 e. The smallest absolute Gasteiger partial charge is 0.321 e. The first-order chi connectivity index (χ1) is 8.06. The van der Waals surface area contributed by atoms with Crippen molar-refractivity contribution in [2.24, 2.45) is 5.92 Å². The Kier molecular flexibility index (Phi) is 5.16. The van der Waals surface area contributed by atoms with Crippen LogP contribution in [0.4, 0.5) is 0 Å². The van der Waals surface area contributed by atoms with Gasteiger partial charge in [-0.1, -0.05) is 50.6 Å². The molecule has 0 amide bonds. The molecule has 3 heteroatoms. The molecule has 1 aromatic carbocycles. The number of nitrogens with zero attached hydrogens (tertiary/aromatic N) is 1. The van der Waals surface area contributed by atoms with Crippen LogP contribution in [0.25, 0.3) is 0 Å². The number of benzene rings is 1. The zero-order valence-corrected chi connectivity index (χ0v) is 10.8. The number of hydrogen-bond acceptors (Lipinski definition) is 2. The van der Waals surface area contributed by atoms with Crippen molar-refractivity contribution in [3.05, 3.63) is 35.9 Å². The van der Waals surface area contributed by atoms with Crippen molar-refractivity contribution in [2.45, 2.75) is 32.9 Å². The fourth-order valence-corrected chi connectivity index (χ4v) is 2.06. The first-order valence-electron chi connectivity index (χ1n) is 6.03. The summed E-state index contributed by atoms with van der Waals surface area (Å²) >= 11 is 0. The molecule has 17 heavy (non-hydrogen) atoms. The lowest BCUT2D eigenvalue weighted by Gasteiger charge is -2.29. The molecule has 94 valence electrons. The maximum atomic E-state index is 11.3. The summed E-state index contributed by atoms with van der Waals surface area (Å²) in [5.74, 6) is -0.584. The predicted octanol–water partition coefficient (Wildman–Crippen LogP) is 2.62. The molecule has 0 fully saturated rings. The summed E-state index contributed by atoms with van der Waals surface area (Å²) < 4.78 is 0. The van der Waals surface area contributed by atoms with Crippen LogP contribution in [-0.2, 0) is 11.3 Å². The Bertz CT molecular complexity index is 350. The molecule has 0 aliphatic rings. The van der Waals surface area contributed by atoms with Crippen LogP contribution in [0.15, 0.2) is 30.3 Å². The summed E-state index contributed by atoms with van der Waals surface area (Å²) in [4.78, 5) is 13.2. The highest BCUT2D eigenvalue weighted by molar-refractivity contribution is 5.73. The lowest BCUT2D eigenvalue weighted by Crippen LogP contribution is -2.42. The molecule has 0 aromatic heterocycles. The molecule has 0 spiro atoms. The molecule has 0 aliphatic carbocycles. The molecule has 0 unspecified atom stereocenters. The van der Waals surface area contributed by atoms with E-state index < -0.39 is 12.0 Å². The molecule has 0 radical (unpaired) electrons. The van der Waals surface area contributed by atoms with Gasteiger partial charge >= 0.3 is 5.97 Å².